The van der Waals surface area contributed by atoms with Gasteiger partial charge in [0, 0.05) is 12.3 Å². The Morgan fingerprint density at radius 2 is 2.07 bits per heavy atom. The molecule has 2 aromatic rings. The second-order valence-electron chi connectivity index (χ2n) is 6.64. The third-order valence-corrected chi connectivity index (χ3v) is 5.33. The average molecular weight is 408 g/mol. The molecule has 0 fully saturated rings. The Morgan fingerprint density at radius 1 is 1.32 bits per heavy atom. The molecule has 28 heavy (non-hydrogen) atoms. The summed E-state index contributed by atoms with van der Waals surface area (Å²) in [6.45, 7) is 5.27. The number of phenolic OH excluding ortho intramolecular Hbond substituents is 1. The summed E-state index contributed by atoms with van der Waals surface area (Å²) < 4.78 is 12.2. The Balaban J connectivity index is 2.53. The summed E-state index contributed by atoms with van der Waals surface area (Å²) in [5, 5.41) is 11.5. The van der Waals surface area contributed by atoms with Gasteiger partial charge in [-0.3, -0.25) is 9.36 Å². The van der Waals surface area contributed by atoms with Crippen LogP contribution in [0.1, 0.15) is 19.3 Å². The highest BCUT2D eigenvalue weighted by molar-refractivity contribution is 7.99. The molecule has 0 saturated heterocycles. The highest BCUT2D eigenvalue weighted by atomic mass is 32.2. The summed E-state index contributed by atoms with van der Waals surface area (Å²) in [5.41, 5.74) is 0.0421. The lowest BCUT2D eigenvalue weighted by molar-refractivity contribution is 0.335. The number of thioether (sulfide) groups is 1. The number of hydrogen-bond acceptors (Lipinski definition) is 7. The van der Waals surface area contributed by atoms with Crippen molar-refractivity contribution in [3.8, 4) is 17.2 Å². The molecule has 8 heteroatoms. The van der Waals surface area contributed by atoms with Gasteiger partial charge in [-0.1, -0.05) is 17.8 Å². The van der Waals surface area contributed by atoms with Gasteiger partial charge in [0.2, 0.25) is 5.75 Å². The number of methoxy groups -OCH3 is 2. The Labute approximate surface area is 170 Å². The van der Waals surface area contributed by atoms with Crippen LogP contribution in [0, 0.1) is 0 Å². The van der Waals surface area contributed by atoms with E-state index in [1.54, 1.807) is 10.6 Å². The molecule has 0 amide bonds. The molecule has 154 valence electrons. The third kappa shape index (κ3) is 4.99. The lowest BCUT2D eigenvalue weighted by Crippen LogP contribution is -2.24. The van der Waals surface area contributed by atoms with E-state index >= 15 is 0 Å². The normalized spacial score (nSPS) is 11.2. The molecule has 7 nitrogen and oxygen atoms in total. The maximum atomic E-state index is 13.2. The van der Waals surface area contributed by atoms with E-state index < -0.39 is 0 Å². The van der Waals surface area contributed by atoms with Crippen LogP contribution >= 0.6 is 11.8 Å². The number of rotatable bonds is 11. The first-order valence-corrected chi connectivity index (χ1v) is 10.2. The largest absolute Gasteiger partial charge is 0.503 e. The van der Waals surface area contributed by atoms with Gasteiger partial charge < -0.3 is 19.5 Å². The van der Waals surface area contributed by atoms with Crippen LogP contribution in [0.15, 0.2) is 28.7 Å². The van der Waals surface area contributed by atoms with Crippen LogP contribution in [0.2, 0.25) is 0 Å². The fourth-order valence-corrected chi connectivity index (χ4v) is 3.82. The molecule has 1 heterocycles. The molecule has 0 aliphatic heterocycles. The van der Waals surface area contributed by atoms with Crippen molar-refractivity contribution in [1.29, 1.82) is 0 Å². The van der Waals surface area contributed by atoms with Crippen molar-refractivity contribution < 1.29 is 14.6 Å². The van der Waals surface area contributed by atoms with Crippen molar-refractivity contribution in [2.45, 2.75) is 31.0 Å². The van der Waals surface area contributed by atoms with E-state index in [1.165, 1.54) is 26.0 Å². The highest BCUT2D eigenvalue weighted by Gasteiger charge is 2.20. The Hall–Kier alpha value is -2.19. The molecule has 2 rings (SSSR count). The van der Waals surface area contributed by atoms with Gasteiger partial charge in [-0.25, -0.2) is 4.98 Å². The summed E-state index contributed by atoms with van der Waals surface area (Å²) in [4.78, 5) is 19.9. The number of benzene rings is 1. The second kappa shape index (κ2) is 10.4. The molecule has 0 saturated carbocycles. The Morgan fingerprint density at radius 3 is 2.68 bits per heavy atom. The number of phenols is 1. The number of nitrogens with zero attached hydrogens (tertiary/aromatic N) is 3. The number of fused-ring (bicyclic) bond motifs is 1. The summed E-state index contributed by atoms with van der Waals surface area (Å²) in [6.07, 6.45) is 4.47. The minimum atomic E-state index is -0.188. The SMILES string of the molecule is C=CCCSc1nc2c(O)c(OC)c(OC)cc2c(=O)n1CCCCN(C)C. The van der Waals surface area contributed by atoms with Crippen molar-refractivity contribution in [2.24, 2.45) is 0 Å². The van der Waals surface area contributed by atoms with Crippen molar-refractivity contribution in [3.05, 3.63) is 29.1 Å². The molecular formula is C20H29N3O4S. The summed E-state index contributed by atoms with van der Waals surface area (Å²) in [6, 6.07) is 1.58. The zero-order valence-electron chi connectivity index (χ0n) is 17.0. The highest BCUT2D eigenvalue weighted by Crippen LogP contribution is 2.41. The van der Waals surface area contributed by atoms with Crippen LogP contribution in [-0.4, -0.2) is 60.2 Å². The van der Waals surface area contributed by atoms with Crippen LogP contribution in [0.3, 0.4) is 0 Å². The van der Waals surface area contributed by atoms with E-state index in [1.807, 2.05) is 20.2 Å². The summed E-state index contributed by atoms with van der Waals surface area (Å²) >= 11 is 1.48. The summed E-state index contributed by atoms with van der Waals surface area (Å²) in [5.74, 6) is 1.05. The molecule has 0 radical (unpaired) electrons. The van der Waals surface area contributed by atoms with Crippen molar-refractivity contribution in [2.75, 3.05) is 40.6 Å². The van der Waals surface area contributed by atoms with E-state index in [2.05, 4.69) is 16.5 Å². The van der Waals surface area contributed by atoms with Crippen molar-refractivity contribution in [1.82, 2.24) is 14.5 Å². The Kier molecular flexibility index (Phi) is 8.19. The Bertz CT molecular complexity index is 880. The first kappa shape index (κ1) is 22.1. The molecule has 0 atom stereocenters. The zero-order chi connectivity index (χ0) is 20.7. The van der Waals surface area contributed by atoms with E-state index in [0.717, 1.165) is 31.6 Å². The lowest BCUT2D eigenvalue weighted by Gasteiger charge is -2.16. The topological polar surface area (TPSA) is 76.8 Å². The number of aromatic nitrogens is 2. The quantitative estimate of drug-likeness (QED) is 0.265. The predicted molar refractivity (Wildman–Crippen MR) is 114 cm³/mol. The van der Waals surface area contributed by atoms with E-state index in [0.29, 0.717) is 22.8 Å². The van der Waals surface area contributed by atoms with Gasteiger partial charge in [0.15, 0.2) is 16.7 Å². The van der Waals surface area contributed by atoms with Gasteiger partial charge in [0.1, 0.15) is 5.52 Å². The second-order valence-corrected chi connectivity index (χ2v) is 7.71. The minimum absolute atomic E-state index is 0.174. The third-order valence-electron chi connectivity index (χ3n) is 4.32. The molecule has 1 aromatic carbocycles. The van der Waals surface area contributed by atoms with Crippen LogP contribution in [0.25, 0.3) is 10.9 Å². The van der Waals surface area contributed by atoms with Crippen LogP contribution in [0.5, 0.6) is 17.2 Å². The van der Waals surface area contributed by atoms with E-state index in [4.69, 9.17) is 9.47 Å². The number of unbranched alkanes of at least 4 members (excludes halogenated alkanes) is 1. The molecule has 0 aliphatic rings. The van der Waals surface area contributed by atoms with E-state index in [-0.39, 0.29) is 22.6 Å². The monoisotopic (exact) mass is 407 g/mol. The lowest BCUT2D eigenvalue weighted by atomic mass is 10.2. The first-order valence-electron chi connectivity index (χ1n) is 9.21. The van der Waals surface area contributed by atoms with Gasteiger partial charge >= 0.3 is 0 Å². The maximum Gasteiger partial charge on any atom is 0.262 e. The number of allylic oxidation sites excluding steroid dienone is 1. The van der Waals surface area contributed by atoms with Crippen LogP contribution < -0.4 is 15.0 Å². The van der Waals surface area contributed by atoms with Crippen molar-refractivity contribution in [3.63, 3.8) is 0 Å². The van der Waals surface area contributed by atoms with Crippen LogP contribution in [-0.2, 0) is 6.54 Å². The van der Waals surface area contributed by atoms with Crippen molar-refractivity contribution >= 4 is 22.7 Å². The molecule has 0 bridgehead atoms. The van der Waals surface area contributed by atoms with Gasteiger partial charge in [0.05, 0.1) is 19.6 Å². The zero-order valence-corrected chi connectivity index (χ0v) is 17.8. The average Bonchev–Trinajstić information content (AvgIpc) is 2.67. The molecular weight excluding hydrogens is 378 g/mol. The van der Waals surface area contributed by atoms with Gasteiger partial charge in [-0.2, -0.15) is 0 Å². The smallest absolute Gasteiger partial charge is 0.262 e. The predicted octanol–water partition coefficient (Wildman–Crippen LogP) is 3.13. The fraction of sp³-hybridized carbons (Fsp3) is 0.500. The molecule has 1 aromatic heterocycles. The fourth-order valence-electron chi connectivity index (χ4n) is 2.87. The van der Waals surface area contributed by atoms with Gasteiger partial charge in [0.25, 0.3) is 5.56 Å². The minimum Gasteiger partial charge on any atom is -0.503 e. The molecule has 0 aliphatic carbocycles. The molecule has 1 N–H and O–H groups in total. The maximum absolute atomic E-state index is 13.2. The van der Waals surface area contributed by atoms with Crippen LogP contribution in [0.4, 0.5) is 0 Å². The summed E-state index contributed by atoms with van der Waals surface area (Å²) in [7, 11) is 6.97. The number of hydrogen-bond donors (Lipinski definition) is 1. The van der Waals surface area contributed by atoms with E-state index in [9.17, 15) is 9.90 Å². The van der Waals surface area contributed by atoms with Gasteiger partial charge in [-0.15, -0.1) is 6.58 Å². The number of ether oxygens (including phenoxy) is 2. The number of aromatic hydroxyl groups is 1. The first-order chi connectivity index (χ1) is 13.4. The van der Waals surface area contributed by atoms with Gasteiger partial charge in [-0.05, 0) is 46.0 Å². The molecule has 0 unspecified atom stereocenters. The standard InChI is InChI=1S/C20H29N3O4S/c1-6-7-12-28-20-21-16-14(13-15(26-4)18(27-5)17(16)24)19(25)23(20)11-9-8-10-22(2)3/h6,13,24H,1,7-12H2,2-5H3. The molecule has 0 spiro atoms.